The number of carbonyl (C=O) groups is 1. The van der Waals surface area contributed by atoms with Gasteiger partial charge in [-0.3, -0.25) is 4.79 Å². The monoisotopic (exact) mass is 424 g/mol. The first-order chi connectivity index (χ1) is 13.2. The van der Waals surface area contributed by atoms with Crippen LogP contribution >= 0.6 is 11.6 Å². The number of amides is 1. The highest BCUT2D eigenvalue weighted by molar-refractivity contribution is 7.89. The second-order valence-corrected chi connectivity index (χ2v) is 9.33. The van der Waals surface area contributed by atoms with Crippen LogP contribution in [0.25, 0.3) is 0 Å². The summed E-state index contributed by atoms with van der Waals surface area (Å²) in [4.78, 5) is 12.7. The minimum Gasteiger partial charge on any atom is -0.349 e. The van der Waals surface area contributed by atoms with Gasteiger partial charge in [-0.25, -0.2) is 12.8 Å². The number of nitrogens with one attached hydrogen (secondary N) is 1. The number of piperidine rings is 1. The van der Waals surface area contributed by atoms with Crippen LogP contribution in [0.4, 0.5) is 4.39 Å². The van der Waals surface area contributed by atoms with Gasteiger partial charge in [0, 0.05) is 19.1 Å². The highest BCUT2D eigenvalue weighted by Crippen LogP contribution is 2.25. The lowest BCUT2D eigenvalue weighted by molar-refractivity contribution is 0.0920. The van der Waals surface area contributed by atoms with Gasteiger partial charge >= 0.3 is 0 Å². The van der Waals surface area contributed by atoms with E-state index in [0.717, 1.165) is 5.56 Å². The van der Waals surface area contributed by atoms with Gasteiger partial charge in [-0.2, -0.15) is 4.31 Å². The Kier molecular flexibility index (Phi) is 6.07. The molecule has 0 bridgehead atoms. The molecule has 1 N–H and O–H groups in total. The lowest BCUT2D eigenvalue weighted by Crippen LogP contribution is -2.46. The van der Waals surface area contributed by atoms with Crippen molar-refractivity contribution in [2.45, 2.75) is 37.6 Å². The van der Waals surface area contributed by atoms with Crippen molar-refractivity contribution in [3.8, 4) is 0 Å². The third-order valence-corrected chi connectivity index (χ3v) is 7.30. The Bertz CT molecular complexity index is 982. The molecule has 1 saturated heterocycles. The van der Waals surface area contributed by atoms with Gasteiger partial charge < -0.3 is 5.32 Å². The number of nitrogens with zero attached hydrogens (tertiary/aromatic N) is 1. The largest absolute Gasteiger partial charge is 0.349 e. The normalized spacial score (nSPS) is 16.1. The predicted octanol–water partition coefficient (Wildman–Crippen LogP) is 3.68. The Morgan fingerprint density at radius 2 is 1.86 bits per heavy atom. The molecule has 1 amide bonds. The lowest BCUT2D eigenvalue weighted by atomic mass is 10.1. The van der Waals surface area contributed by atoms with Crippen LogP contribution in [0.1, 0.15) is 34.3 Å². The molecule has 1 heterocycles. The molecule has 0 unspecified atom stereocenters. The number of halogens is 2. The van der Waals surface area contributed by atoms with E-state index in [4.69, 9.17) is 11.6 Å². The summed E-state index contributed by atoms with van der Waals surface area (Å²) < 4.78 is 41.3. The average molecular weight is 425 g/mol. The lowest BCUT2D eigenvalue weighted by Gasteiger charge is -2.32. The standard InChI is InChI=1S/C20H22ClFN2O3S/c1-13-6-7-14(2)18(12-13)28(26,27)24-10-8-15(9-11-24)23-20(25)19-16(21)4-3-5-17(19)22/h3-7,12,15H,8-11H2,1-2H3,(H,23,25). The van der Waals surface area contributed by atoms with Crippen molar-refractivity contribution < 1.29 is 17.6 Å². The molecule has 0 spiro atoms. The van der Waals surface area contributed by atoms with Crippen molar-refractivity contribution in [2.24, 2.45) is 0 Å². The SMILES string of the molecule is Cc1ccc(C)c(S(=O)(=O)N2CCC(NC(=O)c3c(F)cccc3Cl)CC2)c1. The molecule has 3 rings (SSSR count). The highest BCUT2D eigenvalue weighted by Gasteiger charge is 2.31. The van der Waals surface area contributed by atoms with E-state index in [0.29, 0.717) is 23.3 Å². The van der Waals surface area contributed by atoms with Crippen LogP contribution in [0.15, 0.2) is 41.3 Å². The fraction of sp³-hybridized carbons (Fsp3) is 0.350. The summed E-state index contributed by atoms with van der Waals surface area (Å²) in [5, 5.41) is 2.81. The van der Waals surface area contributed by atoms with Gasteiger partial charge in [-0.05, 0) is 56.0 Å². The maximum absolute atomic E-state index is 13.9. The Hall–Kier alpha value is -1.96. The number of hydrogen-bond donors (Lipinski definition) is 1. The first-order valence-electron chi connectivity index (χ1n) is 9.02. The zero-order valence-electron chi connectivity index (χ0n) is 15.7. The summed E-state index contributed by atoms with van der Waals surface area (Å²) in [6, 6.07) is 9.19. The second kappa shape index (κ2) is 8.19. The van der Waals surface area contributed by atoms with Gasteiger partial charge in [0.05, 0.1) is 15.5 Å². The molecular weight excluding hydrogens is 403 g/mol. The molecule has 0 aromatic heterocycles. The van der Waals surface area contributed by atoms with E-state index in [1.165, 1.54) is 22.5 Å². The maximum Gasteiger partial charge on any atom is 0.255 e. The van der Waals surface area contributed by atoms with Crippen LogP contribution in [0.2, 0.25) is 5.02 Å². The van der Waals surface area contributed by atoms with Crippen molar-refractivity contribution in [3.63, 3.8) is 0 Å². The average Bonchev–Trinajstić information content (AvgIpc) is 2.64. The molecule has 28 heavy (non-hydrogen) atoms. The summed E-state index contributed by atoms with van der Waals surface area (Å²) in [6.45, 7) is 4.20. The predicted molar refractivity (Wildman–Crippen MR) is 107 cm³/mol. The van der Waals surface area contributed by atoms with Crippen LogP contribution in [-0.4, -0.2) is 37.8 Å². The number of benzene rings is 2. The van der Waals surface area contributed by atoms with Gasteiger partial charge in [0.15, 0.2) is 0 Å². The summed E-state index contributed by atoms with van der Waals surface area (Å²) >= 11 is 5.93. The summed E-state index contributed by atoms with van der Waals surface area (Å²) in [7, 11) is -3.59. The first-order valence-corrected chi connectivity index (χ1v) is 10.8. The number of carbonyl (C=O) groups excluding carboxylic acids is 1. The number of rotatable bonds is 4. The van der Waals surface area contributed by atoms with Crippen LogP contribution in [-0.2, 0) is 10.0 Å². The molecular formula is C20H22ClFN2O3S. The Balaban J connectivity index is 1.67. The quantitative estimate of drug-likeness (QED) is 0.814. The van der Waals surface area contributed by atoms with E-state index in [-0.39, 0.29) is 29.7 Å². The van der Waals surface area contributed by atoms with E-state index in [2.05, 4.69) is 5.32 Å². The zero-order valence-corrected chi connectivity index (χ0v) is 17.3. The molecule has 1 aliphatic heterocycles. The molecule has 8 heteroatoms. The summed E-state index contributed by atoms with van der Waals surface area (Å²) in [5.41, 5.74) is 1.40. The molecule has 150 valence electrons. The second-order valence-electron chi connectivity index (χ2n) is 7.02. The van der Waals surface area contributed by atoms with Gasteiger partial charge in [0.25, 0.3) is 5.91 Å². The summed E-state index contributed by atoms with van der Waals surface area (Å²) in [6.07, 6.45) is 0.893. The van der Waals surface area contributed by atoms with Crippen LogP contribution < -0.4 is 5.32 Å². The third kappa shape index (κ3) is 4.21. The van der Waals surface area contributed by atoms with Gasteiger partial charge in [-0.1, -0.05) is 29.8 Å². The molecule has 0 radical (unpaired) electrons. The van der Waals surface area contributed by atoms with Crippen LogP contribution in [0.3, 0.4) is 0 Å². The molecule has 1 aliphatic rings. The number of sulfonamides is 1. The molecule has 1 fully saturated rings. The Morgan fingerprint density at radius 1 is 1.18 bits per heavy atom. The summed E-state index contributed by atoms with van der Waals surface area (Å²) in [5.74, 6) is -1.26. The molecule has 2 aromatic carbocycles. The van der Waals surface area contributed by atoms with Crippen molar-refractivity contribution in [1.29, 1.82) is 0 Å². The van der Waals surface area contributed by atoms with E-state index in [9.17, 15) is 17.6 Å². The van der Waals surface area contributed by atoms with Crippen molar-refractivity contribution >= 4 is 27.5 Å². The highest BCUT2D eigenvalue weighted by atomic mass is 35.5. The molecule has 0 atom stereocenters. The van der Waals surface area contributed by atoms with E-state index in [1.54, 1.807) is 19.1 Å². The van der Waals surface area contributed by atoms with Crippen LogP contribution in [0, 0.1) is 19.7 Å². The van der Waals surface area contributed by atoms with E-state index < -0.39 is 21.7 Å². The minimum absolute atomic E-state index is 0.0486. The van der Waals surface area contributed by atoms with Gasteiger partial charge in [-0.15, -0.1) is 0 Å². The van der Waals surface area contributed by atoms with Gasteiger partial charge in [0.1, 0.15) is 5.82 Å². The minimum atomic E-state index is -3.59. The zero-order chi connectivity index (χ0) is 20.5. The van der Waals surface area contributed by atoms with Gasteiger partial charge in [0.2, 0.25) is 10.0 Å². The fourth-order valence-corrected chi connectivity index (χ4v) is 5.37. The molecule has 5 nitrogen and oxygen atoms in total. The van der Waals surface area contributed by atoms with Crippen LogP contribution in [0.5, 0.6) is 0 Å². The number of aryl methyl sites for hydroxylation is 2. The maximum atomic E-state index is 13.9. The molecule has 2 aromatic rings. The Labute approximate surface area is 169 Å². The van der Waals surface area contributed by atoms with Crippen molar-refractivity contribution in [1.82, 2.24) is 9.62 Å². The number of hydrogen-bond acceptors (Lipinski definition) is 3. The first kappa shape index (κ1) is 20.8. The molecule has 0 aliphatic carbocycles. The topological polar surface area (TPSA) is 66.5 Å². The smallest absolute Gasteiger partial charge is 0.255 e. The molecule has 0 saturated carbocycles. The Morgan fingerprint density at radius 3 is 2.50 bits per heavy atom. The fourth-order valence-electron chi connectivity index (χ4n) is 3.34. The van der Waals surface area contributed by atoms with Crippen molar-refractivity contribution in [2.75, 3.05) is 13.1 Å². The van der Waals surface area contributed by atoms with E-state index in [1.807, 2.05) is 13.0 Å². The van der Waals surface area contributed by atoms with Crippen molar-refractivity contribution in [3.05, 3.63) is 63.9 Å². The van der Waals surface area contributed by atoms with E-state index >= 15 is 0 Å². The third-order valence-electron chi connectivity index (χ3n) is 4.94.